The van der Waals surface area contributed by atoms with Gasteiger partial charge in [0.05, 0.1) is 37.0 Å². The Balaban J connectivity index is 0. The molecule has 3 radical (unpaired) electrons. The van der Waals surface area contributed by atoms with Gasteiger partial charge in [0.2, 0.25) is 0 Å². The van der Waals surface area contributed by atoms with Gasteiger partial charge in [0, 0.05) is 111 Å². The molecule has 0 aliphatic carbocycles. The van der Waals surface area contributed by atoms with E-state index in [2.05, 4.69) is 34.9 Å². The van der Waals surface area contributed by atoms with Crippen molar-refractivity contribution in [2.75, 3.05) is 38.2 Å². The van der Waals surface area contributed by atoms with E-state index in [1.807, 2.05) is 6.07 Å². The van der Waals surface area contributed by atoms with Crippen molar-refractivity contribution >= 4 is 83.7 Å². The second-order valence-electron chi connectivity index (χ2n) is 8.95. The number of anilines is 2. The van der Waals surface area contributed by atoms with Crippen molar-refractivity contribution in [2.45, 2.75) is 4.90 Å². The van der Waals surface area contributed by atoms with Crippen LogP contribution in [0.25, 0.3) is 0 Å². The third-order valence-corrected chi connectivity index (χ3v) is 6.86. The van der Waals surface area contributed by atoms with Crippen LogP contribution < -0.4 is 11.5 Å². The molecule has 4 rings (SSSR count). The predicted octanol–water partition coefficient (Wildman–Crippen LogP) is 6.89. The number of rotatable bonds is 9. The van der Waals surface area contributed by atoms with Gasteiger partial charge in [-0.25, -0.2) is 13.2 Å². The number of azo groups is 3. The topological polar surface area (TPSA) is 270 Å². The predicted molar refractivity (Wildman–Crippen MR) is 186 cm³/mol. The third-order valence-electron chi connectivity index (χ3n) is 5.54. The fourth-order valence-corrected chi connectivity index (χ4v) is 4.30. The van der Waals surface area contributed by atoms with E-state index < -0.39 is 38.2 Å². The summed E-state index contributed by atoms with van der Waals surface area (Å²) < 4.78 is 67.7. The zero-order valence-corrected chi connectivity index (χ0v) is 39.1. The van der Waals surface area contributed by atoms with Gasteiger partial charge in [0.25, 0.3) is 10.1 Å². The van der Waals surface area contributed by atoms with Crippen molar-refractivity contribution in [1.82, 2.24) is 0 Å². The Hall–Kier alpha value is -1.81. The Kier molecular flexibility index (Phi) is 27.0. The summed E-state index contributed by atoms with van der Waals surface area (Å²) in [4.78, 5) is 12.8. The number of hydrogen-bond acceptors (Lipinski definition) is 15. The van der Waals surface area contributed by atoms with Gasteiger partial charge in [-0.15, -0.1) is 20.5 Å². The van der Waals surface area contributed by atoms with E-state index in [-0.39, 0.29) is 143 Å². The maximum absolute atomic E-state index is 13.0. The first-order valence-electron chi connectivity index (χ1n) is 13.4. The second-order valence-corrected chi connectivity index (χ2v) is 12.3. The largest absolute Gasteiger partial charge is 0.465 e. The van der Waals surface area contributed by atoms with Crippen LogP contribution in [0.15, 0.2) is 121 Å². The van der Waals surface area contributed by atoms with Crippen molar-refractivity contribution in [3.63, 3.8) is 0 Å². The van der Waals surface area contributed by atoms with E-state index in [9.17, 15) is 13.2 Å². The van der Waals surface area contributed by atoms with Crippen LogP contribution in [0.1, 0.15) is 10.4 Å². The zero-order valence-electron chi connectivity index (χ0n) is 28.1. The van der Waals surface area contributed by atoms with Crippen LogP contribution in [0, 0.1) is 0 Å². The minimum absolute atomic E-state index is 0. The van der Waals surface area contributed by atoms with Gasteiger partial charge in [-0.05, 0) is 36.4 Å². The van der Waals surface area contributed by atoms with Crippen LogP contribution in [0.3, 0.4) is 0 Å². The maximum atomic E-state index is 13.0. The van der Waals surface area contributed by atoms with Crippen LogP contribution in [-0.4, -0.2) is 58.6 Å². The van der Waals surface area contributed by atoms with Crippen LogP contribution in [0.4, 0.5) is 45.5 Å². The number of carbonyl (C=O) groups excluding carboxylic acids is 1. The molecule has 17 nitrogen and oxygen atoms in total. The Bertz CT molecular complexity index is 1970. The summed E-state index contributed by atoms with van der Waals surface area (Å²) in [5.41, 5.74) is 12.7. The van der Waals surface area contributed by atoms with Gasteiger partial charge in [0.15, 0.2) is 0 Å². The summed E-state index contributed by atoms with van der Waals surface area (Å²) in [6.07, 6.45) is 2.39. The molecular weight excluding hydrogens is 967 g/mol. The number of hydrogen-bond donors (Lipinski definition) is 4. The van der Waals surface area contributed by atoms with Crippen molar-refractivity contribution in [1.29, 1.82) is 0 Å². The molecule has 0 bridgehead atoms. The average Bonchev–Trinajstić information content (AvgIpc) is 3.07. The summed E-state index contributed by atoms with van der Waals surface area (Å²) in [6, 6.07) is 23.2. The summed E-state index contributed by atoms with van der Waals surface area (Å²) in [6.45, 7) is 0. The van der Waals surface area contributed by atoms with Crippen LogP contribution in [-0.2, 0) is 139 Å². The fraction of sp³-hybridized carbons (Fsp3) is 0.138. The van der Waals surface area contributed by atoms with Crippen molar-refractivity contribution in [2.24, 2.45) is 30.7 Å². The van der Waals surface area contributed by atoms with E-state index in [4.69, 9.17) is 33.7 Å². The molecule has 0 aliphatic rings. The second kappa shape index (κ2) is 26.9. The molecule has 4 aromatic rings. The zero-order chi connectivity index (χ0) is 36.6. The molecule has 0 aliphatic heterocycles. The number of nitrogen functional groups attached to an aromatic ring is 2. The molecule has 2 unspecified atom stereocenters. The molecule has 0 saturated heterocycles. The molecule has 6 N–H and O–H groups in total. The molecular formula is C29H32N8O9S3Y3. The molecule has 0 fully saturated rings. The van der Waals surface area contributed by atoms with Crippen LogP contribution in [0.5, 0.6) is 0 Å². The Morgan fingerprint density at radius 1 is 0.635 bits per heavy atom. The van der Waals surface area contributed by atoms with E-state index in [1.54, 1.807) is 60.7 Å². The van der Waals surface area contributed by atoms with Gasteiger partial charge >= 0.3 is 5.97 Å². The number of nitrogens with zero attached hydrogens (tertiary/aromatic N) is 6. The van der Waals surface area contributed by atoms with Gasteiger partial charge < -0.3 is 25.3 Å². The van der Waals surface area contributed by atoms with Crippen molar-refractivity contribution in [3.8, 4) is 0 Å². The Labute approximate surface area is 381 Å². The minimum atomic E-state index is -4.14. The van der Waals surface area contributed by atoms with E-state index in [0.717, 1.165) is 14.2 Å². The molecule has 0 aromatic heterocycles. The van der Waals surface area contributed by atoms with Gasteiger partial charge in [-0.1, -0.05) is 48.5 Å². The molecule has 0 saturated carbocycles. The number of nitrogens with two attached hydrogens (primary N) is 2. The summed E-state index contributed by atoms with van der Waals surface area (Å²) in [5.74, 6) is -0.899. The molecule has 0 heterocycles. The molecule has 4 aromatic carbocycles. The van der Waals surface area contributed by atoms with Crippen molar-refractivity contribution in [3.05, 3.63) is 90.5 Å². The molecule has 2 atom stereocenters. The summed E-state index contributed by atoms with van der Waals surface area (Å²) in [5, 5.41) is 25.0. The molecule has 23 heteroatoms. The van der Waals surface area contributed by atoms with E-state index in [1.165, 1.54) is 30.7 Å². The van der Waals surface area contributed by atoms with Gasteiger partial charge in [-0.2, -0.15) is 18.6 Å². The standard InChI is InChI=1S/C27H24N8O5S.2CH4O2S.3Y/c1-39-27(36)21-24(33-30-17-11-5-3-6-12-17)22(28)26(35-31-18-13-7-4-8-14-18)23(29)25(21)34-32-19-15-9-10-16-20(19)41(37,38)40-2;2*1-4(2)3;;;/h3-16H,28-29H2,1-2H3;2*1H3,(H,2,3);;;. The molecule has 0 amide bonds. The molecule has 52 heavy (non-hydrogen) atoms. The first-order chi connectivity index (χ1) is 23.2. The first kappa shape index (κ1) is 52.3. The Morgan fingerprint density at radius 3 is 1.40 bits per heavy atom. The van der Waals surface area contributed by atoms with Crippen LogP contribution in [0.2, 0.25) is 0 Å². The van der Waals surface area contributed by atoms with Crippen molar-refractivity contribution < 1.29 is 138 Å². The first-order valence-corrected chi connectivity index (χ1v) is 17.8. The number of ether oxygens (including phenoxy) is 1. The number of benzene rings is 4. The van der Waals surface area contributed by atoms with Crippen LogP contribution >= 0.6 is 0 Å². The van der Waals surface area contributed by atoms with E-state index >= 15 is 0 Å². The SMILES string of the molecule is COC(=O)c1c(N=Nc2ccccc2)c(N)c(N=Nc2ccccc2)c(N)c1N=Nc1ccccc1S(=O)(=O)OC.CS(=O)O.CS(=O)O.[Y].[Y].[Y]. The van der Waals surface area contributed by atoms with Gasteiger partial charge in [-0.3, -0.25) is 4.18 Å². The molecule has 269 valence electrons. The smallest absolute Gasteiger partial charge is 0.342 e. The molecule has 0 spiro atoms. The monoisotopic (exact) mass is 999 g/mol. The Morgan fingerprint density at radius 2 is 1.00 bits per heavy atom. The summed E-state index contributed by atoms with van der Waals surface area (Å²) >= 11 is -3.22. The number of carbonyl (C=O) groups is 1. The van der Waals surface area contributed by atoms with Gasteiger partial charge in [0.1, 0.15) is 55.4 Å². The maximum Gasteiger partial charge on any atom is 0.342 e. The normalized spacial score (nSPS) is 11.8. The number of methoxy groups -OCH3 is 1. The third kappa shape index (κ3) is 17.1. The quantitative estimate of drug-likeness (QED) is 0.0441. The van der Waals surface area contributed by atoms with E-state index in [0.29, 0.717) is 11.4 Å². The number of esters is 1. The summed E-state index contributed by atoms with van der Waals surface area (Å²) in [7, 11) is -1.97. The average molecular weight is 1000 g/mol. The minimum Gasteiger partial charge on any atom is -0.465 e. The fourth-order valence-electron chi connectivity index (χ4n) is 3.51.